The van der Waals surface area contributed by atoms with Crippen LogP contribution in [0.2, 0.25) is 0 Å². The van der Waals surface area contributed by atoms with Crippen molar-refractivity contribution in [2.24, 2.45) is 5.92 Å². The number of anilines is 1. The van der Waals surface area contributed by atoms with E-state index in [4.69, 9.17) is 4.74 Å². The summed E-state index contributed by atoms with van der Waals surface area (Å²) in [5, 5.41) is 3.45. The summed E-state index contributed by atoms with van der Waals surface area (Å²) in [5.41, 5.74) is 0. The second-order valence-electron chi connectivity index (χ2n) is 4.30. The van der Waals surface area contributed by atoms with Crippen LogP contribution in [0.1, 0.15) is 40.5 Å². The third-order valence-electron chi connectivity index (χ3n) is 3.15. The van der Waals surface area contributed by atoms with Crippen LogP contribution in [0.15, 0.2) is 18.2 Å². The van der Waals surface area contributed by atoms with E-state index in [1.807, 2.05) is 25.1 Å². The SMILES string of the molecule is CCOc1cccc(NC(C)C(CC)CC)n1. The summed E-state index contributed by atoms with van der Waals surface area (Å²) in [4.78, 5) is 4.42. The molecule has 3 nitrogen and oxygen atoms in total. The van der Waals surface area contributed by atoms with Gasteiger partial charge in [0.2, 0.25) is 5.88 Å². The van der Waals surface area contributed by atoms with Crippen LogP contribution in [0.25, 0.3) is 0 Å². The Hall–Kier alpha value is -1.25. The predicted molar refractivity (Wildman–Crippen MR) is 72.6 cm³/mol. The third-order valence-corrected chi connectivity index (χ3v) is 3.15. The molecule has 0 aromatic carbocycles. The van der Waals surface area contributed by atoms with E-state index in [0.29, 0.717) is 24.4 Å². The van der Waals surface area contributed by atoms with E-state index in [1.54, 1.807) is 0 Å². The van der Waals surface area contributed by atoms with E-state index in [9.17, 15) is 0 Å². The van der Waals surface area contributed by atoms with Crippen molar-refractivity contribution in [3.05, 3.63) is 18.2 Å². The number of ether oxygens (including phenoxy) is 1. The van der Waals surface area contributed by atoms with Crippen LogP contribution in [0.5, 0.6) is 5.88 Å². The molecule has 0 amide bonds. The number of nitrogens with zero attached hydrogens (tertiary/aromatic N) is 1. The lowest BCUT2D eigenvalue weighted by Crippen LogP contribution is -2.25. The lowest BCUT2D eigenvalue weighted by molar-refractivity contribution is 0.327. The minimum atomic E-state index is 0.439. The van der Waals surface area contributed by atoms with Crippen LogP contribution in [-0.2, 0) is 0 Å². The van der Waals surface area contributed by atoms with Crippen molar-refractivity contribution in [2.45, 2.75) is 46.6 Å². The van der Waals surface area contributed by atoms with Gasteiger partial charge in [-0.1, -0.05) is 32.8 Å². The molecule has 96 valence electrons. The first-order valence-corrected chi connectivity index (χ1v) is 6.57. The highest BCUT2D eigenvalue weighted by atomic mass is 16.5. The van der Waals surface area contributed by atoms with Gasteiger partial charge in [-0.05, 0) is 25.8 Å². The molecule has 3 heteroatoms. The minimum absolute atomic E-state index is 0.439. The van der Waals surface area contributed by atoms with E-state index >= 15 is 0 Å². The average molecular weight is 236 g/mol. The molecule has 1 atom stereocenters. The zero-order chi connectivity index (χ0) is 12.7. The standard InChI is InChI=1S/C14H24N2O/c1-5-12(6-2)11(4)15-13-9-8-10-14(16-13)17-7-3/h8-12H,5-7H2,1-4H3,(H,15,16). The molecular weight excluding hydrogens is 212 g/mol. The van der Waals surface area contributed by atoms with E-state index < -0.39 is 0 Å². The van der Waals surface area contributed by atoms with Gasteiger partial charge >= 0.3 is 0 Å². The van der Waals surface area contributed by atoms with Crippen molar-refractivity contribution in [3.63, 3.8) is 0 Å². The molecule has 1 aromatic rings. The Labute approximate surface area is 105 Å². The Morgan fingerprint density at radius 1 is 1.24 bits per heavy atom. The molecule has 1 heterocycles. The number of hydrogen-bond donors (Lipinski definition) is 1. The van der Waals surface area contributed by atoms with Crippen molar-refractivity contribution in [1.29, 1.82) is 0 Å². The van der Waals surface area contributed by atoms with Gasteiger partial charge in [-0.3, -0.25) is 0 Å². The first kappa shape index (κ1) is 13.8. The van der Waals surface area contributed by atoms with Gasteiger partial charge in [-0.2, -0.15) is 4.98 Å². The second-order valence-corrected chi connectivity index (χ2v) is 4.30. The van der Waals surface area contributed by atoms with Crippen LogP contribution in [-0.4, -0.2) is 17.6 Å². The molecule has 1 rings (SSSR count). The number of nitrogens with one attached hydrogen (secondary N) is 1. The summed E-state index contributed by atoms with van der Waals surface area (Å²) in [6.07, 6.45) is 2.38. The van der Waals surface area contributed by atoms with E-state index in [2.05, 4.69) is 31.1 Å². The summed E-state index contributed by atoms with van der Waals surface area (Å²) in [6.45, 7) is 9.30. The van der Waals surface area contributed by atoms with E-state index in [1.165, 1.54) is 12.8 Å². The summed E-state index contributed by atoms with van der Waals surface area (Å²) in [7, 11) is 0. The summed E-state index contributed by atoms with van der Waals surface area (Å²) >= 11 is 0. The molecule has 0 fully saturated rings. The highest BCUT2D eigenvalue weighted by molar-refractivity contribution is 5.38. The normalized spacial score (nSPS) is 12.5. The Morgan fingerprint density at radius 3 is 2.53 bits per heavy atom. The Morgan fingerprint density at radius 2 is 1.94 bits per heavy atom. The Balaban J connectivity index is 2.63. The van der Waals surface area contributed by atoms with Gasteiger partial charge in [0.15, 0.2) is 0 Å². The van der Waals surface area contributed by atoms with Crippen molar-refractivity contribution in [1.82, 2.24) is 4.98 Å². The summed E-state index contributed by atoms with van der Waals surface area (Å²) in [6, 6.07) is 6.28. The molecule has 0 radical (unpaired) electrons. The van der Waals surface area contributed by atoms with Crippen molar-refractivity contribution < 1.29 is 4.74 Å². The maximum Gasteiger partial charge on any atom is 0.215 e. The predicted octanol–water partition coefficient (Wildman–Crippen LogP) is 3.72. The third kappa shape index (κ3) is 4.25. The van der Waals surface area contributed by atoms with E-state index in [-0.39, 0.29) is 0 Å². The van der Waals surface area contributed by atoms with Crippen molar-refractivity contribution >= 4 is 5.82 Å². The Bertz CT molecular complexity index is 324. The molecule has 17 heavy (non-hydrogen) atoms. The maximum atomic E-state index is 5.39. The number of pyridine rings is 1. The monoisotopic (exact) mass is 236 g/mol. The van der Waals surface area contributed by atoms with Crippen molar-refractivity contribution in [2.75, 3.05) is 11.9 Å². The molecule has 0 bridgehead atoms. The lowest BCUT2D eigenvalue weighted by Gasteiger charge is -2.23. The minimum Gasteiger partial charge on any atom is -0.478 e. The molecule has 0 aliphatic heterocycles. The molecule has 1 unspecified atom stereocenters. The van der Waals surface area contributed by atoms with Gasteiger partial charge in [0.1, 0.15) is 5.82 Å². The lowest BCUT2D eigenvalue weighted by atomic mass is 9.95. The second kappa shape index (κ2) is 7.15. The molecule has 0 aliphatic rings. The maximum absolute atomic E-state index is 5.39. The zero-order valence-corrected chi connectivity index (χ0v) is 11.4. The number of rotatable bonds is 7. The highest BCUT2D eigenvalue weighted by Gasteiger charge is 2.13. The zero-order valence-electron chi connectivity index (χ0n) is 11.4. The van der Waals surface area contributed by atoms with Crippen LogP contribution >= 0.6 is 0 Å². The fourth-order valence-corrected chi connectivity index (χ4v) is 2.07. The van der Waals surface area contributed by atoms with Gasteiger partial charge in [0, 0.05) is 12.1 Å². The molecule has 0 saturated heterocycles. The van der Waals surface area contributed by atoms with Gasteiger partial charge in [-0.15, -0.1) is 0 Å². The van der Waals surface area contributed by atoms with Crippen LogP contribution in [0, 0.1) is 5.92 Å². The fourth-order valence-electron chi connectivity index (χ4n) is 2.07. The number of aromatic nitrogens is 1. The number of hydrogen-bond acceptors (Lipinski definition) is 3. The van der Waals surface area contributed by atoms with Crippen LogP contribution in [0.4, 0.5) is 5.82 Å². The quantitative estimate of drug-likeness (QED) is 0.783. The molecule has 1 N–H and O–H groups in total. The van der Waals surface area contributed by atoms with Gasteiger partial charge in [-0.25, -0.2) is 0 Å². The molecule has 1 aromatic heterocycles. The molecule has 0 saturated carbocycles. The largest absolute Gasteiger partial charge is 0.478 e. The first-order valence-electron chi connectivity index (χ1n) is 6.57. The van der Waals surface area contributed by atoms with Crippen LogP contribution in [0.3, 0.4) is 0 Å². The van der Waals surface area contributed by atoms with Crippen LogP contribution < -0.4 is 10.1 Å². The van der Waals surface area contributed by atoms with Gasteiger partial charge in [0.05, 0.1) is 6.61 Å². The highest BCUT2D eigenvalue weighted by Crippen LogP contribution is 2.18. The average Bonchev–Trinajstić information content (AvgIpc) is 2.31. The smallest absolute Gasteiger partial charge is 0.215 e. The Kier molecular flexibility index (Phi) is 5.81. The first-order chi connectivity index (χ1) is 8.21. The van der Waals surface area contributed by atoms with Gasteiger partial charge < -0.3 is 10.1 Å². The molecule has 0 aliphatic carbocycles. The van der Waals surface area contributed by atoms with Gasteiger partial charge in [0.25, 0.3) is 0 Å². The molecular formula is C14H24N2O. The van der Waals surface area contributed by atoms with E-state index in [0.717, 1.165) is 5.82 Å². The fraction of sp³-hybridized carbons (Fsp3) is 0.643. The van der Waals surface area contributed by atoms with Crippen molar-refractivity contribution in [3.8, 4) is 5.88 Å². The summed E-state index contributed by atoms with van der Waals surface area (Å²) < 4.78 is 5.39. The topological polar surface area (TPSA) is 34.1 Å². The summed E-state index contributed by atoms with van der Waals surface area (Å²) in [5.74, 6) is 2.28. The molecule has 0 spiro atoms.